The summed E-state index contributed by atoms with van der Waals surface area (Å²) in [7, 11) is 3.02. The van der Waals surface area contributed by atoms with Crippen LogP contribution in [0, 0.1) is 5.92 Å². The highest BCUT2D eigenvalue weighted by molar-refractivity contribution is 9.11. The summed E-state index contributed by atoms with van der Waals surface area (Å²) in [6.07, 6.45) is 3.85. The van der Waals surface area contributed by atoms with Gasteiger partial charge in [0.05, 0.1) is 13.2 Å². The molecule has 104 valence electrons. The second kappa shape index (κ2) is 6.70. The van der Waals surface area contributed by atoms with Gasteiger partial charge in [-0.25, -0.2) is 0 Å². The molecule has 0 aromatic carbocycles. The van der Waals surface area contributed by atoms with E-state index < -0.39 is 5.92 Å². The van der Waals surface area contributed by atoms with Crippen molar-refractivity contribution in [1.82, 2.24) is 5.32 Å². The molecule has 19 heavy (non-hydrogen) atoms. The fourth-order valence-corrected chi connectivity index (χ4v) is 2.07. The zero-order chi connectivity index (χ0) is 14.6. The topological polar surface area (TPSA) is 50.7 Å². The fourth-order valence-electron chi connectivity index (χ4n) is 1.82. The molecule has 5 heteroatoms. The largest absolute Gasteiger partial charge is 0.468 e. The van der Waals surface area contributed by atoms with Crippen LogP contribution in [0.25, 0.3) is 0 Å². The van der Waals surface area contributed by atoms with Crippen LogP contribution in [0.15, 0.2) is 39.5 Å². The average molecular weight is 327 g/mol. The van der Waals surface area contributed by atoms with Crippen LogP contribution in [0.3, 0.4) is 0 Å². The van der Waals surface area contributed by atoms with Gasteiger partial charge in [0.25, 0.3) is 0 Å². The first-order chi connectivity index (χ1) is 8.92. The average Bonchev–Trinajstić information content (AvgIpc) is 2.41. The summed E-state index contributed by atoms with van der Waals surface area (Å²) in [5.41, 5.74) is 2.17. The summed E-state index contributed by atoms with van der Waals surface area (Å²) < 4.78 is 5.89. The second-order valence-electron chi connectivity index (χ2n) is 4.34. The molecule has 0 aliphatic carbocycles. The van der Waals surface area contributed by atoms with E-state index >= 15 is 0 Å². The van der Waals surface area contributed by atoms with Crippen molar-refractivity contribution in [3.8, 4) is 0 Å². The molecule has 0 spiro atoms. The van der Waals surface area contributed by atoms with Gasteiger partial charge in [-0.05, 0) is 31.6 Å². The summed E-state index contributed by atoms with van der Waals surface area (Å²) in [6.45, 7) is 7.84. The summed E-state index contributed by atoms with van der Waals surface area (Å²) in [6, 6.07) is 0.147. The number of dihydropyridines is 1. The van der Waals surface area contributed by atoms with Crippen molar-refractivity contribution in [3.05, 3.63) is 34.5 Å². The van der Waals surface area contributed by atoms with Crippen LogP contribution in [0.2, 0.25) is 0 Å². The zero-order valence-electron chi connectivity index (χ0n) is 11.7. The molecule has 0 amide bonds. The highest BCUT2D eigenvalue weighted by Crippen LogP contribution is 2.25. The quantitative estimate of drug-likeness (QED) is 0.638. The maximum Gasteiger partial charge on any atom is 0.318 e. The lowest BCUT2D eigenvalue weighted by Crippen LogP contribution is -2.34. The Morgan fingerprint density at radius 1 is 1.58 bits per heavy atom. The fraction of sp³-hybridized carbons (Fsp3) is 0.429. The first-order valence-corrected chi connectivity index (χ1v) is 6.75. The minimum absolute atomic E-state index is 0.147. The van der Waals surface area contributed by atoms with Gasteiger partial charge in [-0.2, -0.15) is 0 Å². The van der Waals surface area contributed by atoms with Crippen LogP contribution in [0.4, 0.5) is 0 Å². The number of carbonyl (C=O) groups excluding carboxylic acids is 1. The molecule has 0 aromatic heterocycles. The number of rotatable bonds is 4. The number of hydrogen-bond donors (Lipinski definition) is 1. The van der Waals surface area contributed by atoms with Crippen LogP contribution in [0.5, 0.6) is 0 Å². The molecule has 0 saturated carbocycles. The van der Waals surface area contributed by atoms with Gasteiger partial charge >= 0.3 is 5.97 Å². The van der Waals surface area contributed by atoms with Crippen LogP contribution < -0.4 is 5.32 Å². The zero-order valence-corrected chi connectivity index (χ0v) is 13.2. The molecular weight excluding hydrogens is 308 g/mol. The second-order valence-corrected chi connectivity index (χ2v) is 5.26. The third-order valence-electron chi connectivity index (χ3n) is 3.10. The Morgan fingerprint density at radius 2 is 2.21 bits per heavy atom. The molecule has 1 N–H and O–H groups in total. The normalized spacial score (nSPS) is 20.9. The van der Waals surface area contributed by atoms with Gasteiger partial charge in [0.2, 0.25) is 0 Å². The van der Waals surface area contributed by atoms with E-state index in [1.54, 1.807) is 14.0 Å². The van der Waals surface area contributed by atoms with E-state index in [0.29, 0.717) is 11.3 Å². The smallest absolute Gasteiger partial charge is 0.318 e. The number of hydrogen-bond acceptors (Lipinski definition) is 4. The lowest BCUT2D eigenvalue weighted by molar-refractivity contribution is -0.141. The summed E-state index contributed by atoms with van der Waals surface area (Å²) >= 11 is 3.46. The van der Waals surface area contributed by atoms with Gasteiger partial charge in [-0.3, -0.25) is 9.79 Å². The molecule has 1 aliphatic heterocycles. The van der Waals surface area contributed by atoms with Crippen molar-refractivity contribution in [2.75, 3.05) is 14.2 Å². The maximum absolute atomic E-state index is 11.9. The predicted molar refractivity (Wildman–Crippen MR) is 81.4 cm³/mol. The van der Waals surface area contributed by atoms with Gasteiger partial charge in [-0.1, -0.05) is 22.5 Å². The van der Waals surface area contributed by atoms with Crippen molar-refractivity contribution >= 4 is 27.6 Å². The molecule has 2 atom stereocenters. The number of esters is 1. The van der Waals surface area contributed by atoms with E-state index in [9.17, 15) is 4.79 Å². The van der Waals surface area contributed by atoms with Gasteiger partial charge in [0, 0.05) is 22.9 Å². The first kappa shape index (κ1) is 15.7. The third-order valence-corrected chi connectivity index (χ3v) is 4.05. The number of ether oxygens (including phenoxy) is 1. The summed E-state index contributed by atoms with van der Waals surface area (Å²) in [4.78, 5) is 16.0. The van der Waals surface area contributed by atoms with E-state index in [1.165, 1.54) is 7.11 Å². The van der Waals surface area contributed by atoms with Gasteiger partial charge in [0.1, 0.15) is 5.92 Å². The maximum atomic E-state index is 11.9. The van der Waals surface area contributed by atoms with Gasteiger partial charge < -0.3 is 10.1 Å². The Bertz CT molecular complexity index is 478. The van der Waals surface area contributed by atoms with Crippen LogP contribution in [-0.4, -0.2) is 31.9 Å². The molecule has 0 saturated heterocycles. The van der Waals surface area contributed by atoms with Crippen LogP contribution in [0.1, 0.15) is 13.8 Å². The van der Waals surface area contributed by atoms with Crippen molar-refractivity contribution < 1.29 is 9.53 Å². The van der Waals surface area contributed by atoms with Crippen molar-refractivity contribution in [1.29, 1.82) is 0 Å². The first-order valence-electron chi connectivity index (χ1n) is 5.96. The molecule has 1 rings (SSSR count). The van der Waals surface area contributed by atoms with Crippen LogP contribution >= 0.6 is 15.9 Å². The van der Waals surface area contributed by atoms with Crippen molar-refractivity contribution in [3.63, 3.8) is 0 Å². The molecule has 4 nitrogen and oxygen atoms in total. The summed E-state index contributed by atoms with van der Waals surface area (Å²) in [5.74, 6) is -0.900. The molecule has 0 radical (unpaired) electrons. The Balaban J connectivity index is 3.05. The van der Waals surface area contributed by atoms with Crippen molar-refractivity contribution in [2.24, 2.45) is 10.9 Å². The predicted octanol–water partition coefficient (Wildman–Crippen LogP) is 2.58. The third kappa shape index (κ3) is 3.56. The van der Waals surface area contributed by atoms with Gasteiger partial charge in [0.15, 0.2) is 0 Å². The monoisotopic (exact) mass is 326 g/mol. The highest BCUT2D eigenvalue weighted by atomic mass is 79.9. The Morgan fingerprint density at radius 3 is 2.68 bits per heavy atom. The van der Waals surface area contributed by atoms with E-state index in [1.807, 2.05) is 19.1 Å². The van der Waals surface area contributed by atoms with E-state index in [-0.39, 0.29) is 12.0 Å². The number of methoxy groups -OCH3 is 1. The SMILES string of the molecule is C=C(C1=CC=C(Br)C(C)N1)C(C(=O)OC)C(C)=NC. The van der Waals surface area contributed by atoms with E-state index in [0.717, 1.165) is 10.2 Å². The number of allylic oxidation sites excluding steroid dienone is 3. The molecule has 1 aliphatic rings. The Kier molecular flexibility index (Phi) is 5.54. The molecule has 0 aromatic rings. The van der Waals surface area contributed by atoms with E-state index in [4.69, 9.17) is 4.74 Å². The standard InChI is InChI=1S/C14H19BrN2O2/c1-8(12-7-6-11(15)9(2)17-12)13(10(3)16-4)14(18)19-5/h6-7,9,13,17H,1H2,2-5H3. The number of carbonyl (C=O) groups is 1. The Hall–Kier alpha value is -1.36. The molecular formula is C14H19BrN2O2. The Labute approximate surface area is 122 Å². The van der Waals surface area contributed by atoms with Gasteiger partial charge in [-0.15, -0.1) is 0 Å². The van der Waals surface area contributed by atoms with Crippen LogP contribution in [-0.2, 0) is 9.53 Å². The minimum Gasteiger partial charge on any atom is -0.468 e. The highest BCUT2D eigenvalue weighted by Gasteiger charge is 2.28. The molecule has 2 unspecified atom stereocenters. The number of aliphatic imine (C=N–C) groups is 1. The lowest BCUT2D eigenvalue weighted by Gasteiger charge is -2.26. The van der Waals surface area contributed by atoms with E-state index in [2.05, 4.69) is 32.8 Å². The number of nitrogens with zero attached hydrogens (tertiary/aromatic N) is 1. The lowest BCUT2D eigenvalue weighted by atomic mass is 9.92. The molecule has 1 heterocycles. The molecule has 0 bridgehead atoms. The minimum atomic E-state index is -0.550. The summed E-state index contributed by atoms with van der Waals surface area (Å²) in [5, 5.41) is 3.29. The number of halogens is 1. The number of nitrogens with one attached hydrogen (secondary N) is 1. The molecule has 0 fully saturated rings. The van der Waals surface area contributed by atoms with Crippen molar-refractivity contribution in [2.45, 2.75) is 19.9 Å².